The molecule has 0 spiro atoms. The average molecular weight is 586 g/mol. The van der Waals surface area contributed by atoms with Crippen molar-refractivity contribution in [2.75, 3.05) is 24.5 Å². The predicted molar refractivity (Wildman–Crippen MR) is 158 cm³/mol. The summed E-state index contributed by atoms with van der Waals surface area (Å²) in [5.74, 6) is -0.324. The Bertz CT molecular complexity index is 1380. The van der Waals surface area contributed by atoms with Crippen molar-refractivity contribution in [3.05, 3.63) is 88.9 Å². The number of carbonyl (C=O) groups is 2. The van der Waals surface area contributed by atoms with E-state index in [4.69, 9.17) is 16.3 Å². The molecule has 0 radical (unpaired) electrons. The Morgan fingerprint density at radius 1 is 0.975 bits per heavy atom. The number of nitrogens with one attached hydrogen (secondary N) is 1. The molecule has 0 fully saturated rings. The smallest absolute Gasteiger partial charge is 0.264 e. The highest BCUT2D eigenvalue weighted by Crippen LogP contribution is 2.26. The Labute approximate surface area is 241 Å². The van der Waals surface area contributed by atoms with E-state index in [1.807, 2.05) is 13.8 Å². The molecular formula is C30H36ClN3O5S. The number of amides is 2. The highest BCUT2D eigenvalue weighted by molar-refractivity contribution is 7.92. The summed E-state index contributed by atoms with van der Waals surface area (Å²) in [5.41, 5.74) is 2.03. The molecule has 3 aromatic carbocycles. The Morgan fingerprint density at radius 3 is 2.17 bits per heavy atom. The number of nitrogens with zero attached hydrogens (tertiary/aromatic N) is 2. The molecule has 2 amide bonds. The van der Waals surface area contributed by atoms with Crippen LogP contribution in [-0.2, 0) is 26.2 Å². The number of sulfonamides is 1. The van der Waals surface area contributed by atoms with E-state index in [0.717, 1.165) is 28.3 Å². The van der Waals surface area contributed by atoms with Crippen LogP contribution in [0.4, 0.5) is 5.69 Å². The van der Waals surface area contributed by atoms with Crippen LogP contribution in [0.1, 0.15) is 37.8 Å². The molecule has 0 aromatic heterocycles. The summed E-state index contributed by atoms with van der Waals surface area (Å²) in [6.45, 7) is 5.65. The first-order valence-corrected chi connectivity index (χ1v) is 14.9. The fraction of sp³-hybridized carbons (Fsp3) is 0.333. The van der Waals surface area contributed by atoms with Crippen molar-refractivity contribution in [1.29, 1.82) is 0 Å². The lowest BCUT2D eigenvalue weighted by Gasteiger charge is -2.32. The van der Waals surface area contributed by atoms with Gasteiger partial charge < -0.3 is 15.0 Å². The van der Waals surface area contributed by atoms with Gasteiger partial charge in [0.15, 0.2) is 0 Å². The van der Waals surface area contributed by atoms with Crippen LogP contribution < -0.4 is 14.4 Å². The monoisotopic (exact) mass is 585 g/mol. The van der Waals surface area contributed by atoms with E-state index in [9.17, 15) is 18.0 Å². The van der Waals surface area contributed by atoms with Crippen LogP contribution in [0.3, 0.4) is 0 Å². The Balaban J connectivity index is 1.99. The van der Waals surface area contributed by atoms with Crippen molar-refractivity contribution in [3.8, 4) is 5.75 Å². The number of anilines is 1. The number of aryl methyl sites for hydroxylation is 1. The van der Waals surface area contributed by atoms with Gasteiger partial charge in [-0.05, 0) is 74.4 Å². The maximum Gasteiger partial charge on any atom is 0.264 e. The summed E-state index contributed by atoms with van der Waals surface area (Å²) in [7, 11) is -2.65. The number of rotatable bonds is 13. The zero-order valence-electron chi connectivity index (χ0n) is 23.3. The van der Waals surface area contributed by atoms with Crippen molar-refractivity contribution in [2.45, 2.75) is 51.1 Å². The first kappa shape index (κ1) is 31.0. The molecule has 8 nitrogen and oxygen atoms in total. The first-order chi connectivity index (χ1) is 19.1. The molecule has 0 saturated carbocycles. The lowest BCUT2D eigenvalue weighted by atomic mass is 10.1. The largest absolute Gasteiger partial charge is 0.497 e. The normalized spacial score (nSPS) is 11.9. The molecule has 10 heteroatoms. The Hall–Kier alpha value is -3.56. The fourth-order valence-corrected chi connectivity index (χ4v) is 5.56. The summed E-state index contributed by atoms with van der Waals surface area (Å²) in [6.07, 6.45) is 1.72. The van der Waals surface area contributed by atoms with Gasteiger partial charge in [0.25, 0.3) is 10.0 Å². The van der Waals surface area contributed by atoms with Crippen LogP contribution in [0, 0.1) is 6.92 Å². The van der Waals surface area contributed by atoms with Gasteiger partial charge in [0.1, 0.15) is 18.3 Å². The second-order valence-corrected chi connectivity index (χ2v) is 11.8. The average Bonchev–Trinajstić information content (AvgIpc) is 2.95. The van der Waals surface area contributed by atoms with Gasteiger partial charge in [0.05, 0.1) is 17.7 Å². The molecule has 0 aliphatic rings. The topological polar surface area (TPSA) is 96.0 Å². The second-order valence-electron chi connectivity index (χ2n) is 9.49. The third-order valence-electron chi connectivity index (χ3n) is 6.51. The minimum absolute atomic E-state index is 0.0104. The van der Waals surface area contributed by atoms with E-state index >= 15 is 0 Å². The molecular weight excluding hydrogens is 550 g/mol. The van der Waals surface area contributed by atoms with Gasteiger partial charge in [0.2, 0.25) is 11.8 Å². The zero-order chi connectivity index (χ0) is 29.3. The number of hydrogen-bond acceptors (Lipinski definition) is 5. The number of unbranched alkanes of at least 4 members (excludes halogenated alkanes) is 1. The van der Waals surface area contributed by atoms with E-state index in [2.05, 4.69) is 5.32 Å². The van der Waals surface area contributed by atoms with E-state index in [-0.39, 0.29) is 17.3 Å². The highest BCUT2D eigenvalue weighted by atomic mass is 35.5. The zero-order valence-corrected chi connectivity index (χ0v) is 24.8. The van der Waals surface area contributed by atoms with Crippen LogP contribution >= 0.6 is 11.6 Å². The third-order valence-corrected chi connectivity index (χ3v) is 8.55. The van der Waals surface area contributed by atoms with Gasteiger partial charge in [-0.1, -0.05) is 54.8 Å². The van der Waals surface area contributed by atoms with Crippen LogP contribution in [0.5, 0.6) is 5.75 Å². The molecule has 1 N–H and O–H groups in total. The Morgan fingerprint density at radius 2 is 1.60 bits per heavy atom. The van der Waals surface area contributed by atoms with E-state index < -0.39 is 28.5 Å². The SMILES string of the molecule is CCCCNC(=O)C(C)N(Cc1ccc(Cl)cc1)C(=O)CN(c1ccc(C)cc1)S(=O)(=O)c1ccc(OC)cc1. The third kappa shape index (κ3) is 7.99. The fourth-order valence-electron chi connectivity index (χ4n) is 4.02. The molecule has 1 atom stereocenters. The van der Waals surface area contributed by atoms with Gasteiger partial charge >= 0.3 is 0 Å². The van der Waals surface area contributed by atoms with Crippen molar-refractivity contribution < 1.29 is 22.7 Å². The molecule has 0 saturated heterocycles. The van der Waals surface area contributed by atoms with E-state index in [1.165, 1.54) is 24.1 Å². The van der Waals surface area contributed by atoms with Crippen molar-refractivity contribution >= 4 is 39.1 Å². The van der Waals surface area contributed by atoms with Gasteiger partial charge in [-0.3, -0.25) is 13.9 Å². The molecule has 0 aliphatic carbocycles. The molecule has 0 heterocycles. The molecule has 214 valence electrons. The van der Waals surface area contributed by atoms with Crippen LogP contribution in [0.2, 0.25) is 5.02 Å². The minimum Gasteiger partial charge on any atom is -0.497 e. The number of hydrogen-bond donors (Lipinski definition) is 1. The van der Waals surface area contributed by atoms with Crippen molar-refractivity contribution in [2.24, 2.45) is 0 Å². The standard InChI is InChI=1S/C30H36ClN3O5S/c1-5-6-19-32-30(36)23(3)33(20-24-9-11-25(31)12-10-24)29(35)21-34(26-13-7-22(2)8-14-26)40(37,38)28-17-15-27(39-4)16-18-28/h7-18,23H,5-6,19-21H2,1-4H3,(H,32,36). The predicted octanol–water partition coefficient (Wildman–Crippen LogP) is 5.19. The maximum absolute atomic E-state index is 13.9. The van der Waals surface area contributed by atoms with Gasteiger partial charge in [0, 0.05) is 18.1 Å². The lowest BCUT2D eigenvalue weighted by Crippen LogP contribution is -2.51. The highest BCUT2D eigenvalue weighted by Gasteiger charge is 2.32. The summed E-state index contributed by atoms with van der Waals surface area (Å²) >= 11 is 6.04. The van der Waals surface area contributed by atoms with Crippen LogP contribution in [0.25, 0.3) is 0 Å². The second kappa shape index (κ2) is 14.2. The maximum atomic E-state index is 13.9. The van der Waals surface area contributed by atoms with Gasteiger partial charge in [-0.2, -0.15) is 0 Å². The first-order valence-electron chi connectivity index (χ1n) is 13.1. The molecule has 40 heavy (non-hydrogen) atoms. The molecule has 3 aromatic rings. The number of carbonyl (C=O) groups excluding carboxylic acids is 2. The molecule has 0 aliphatic heterocycles. The summed E-state index contributed by atoms with van der Waals surface area (Å²) < 4.78 is 34.0. The van der Waals surface area contributed by atoms with Gasteiger partial charge in [-0.25, -0.2) is 8.42 Å². The lowest BCUT2D eigenvalue weighted by molar-refractivity contribution is -0.139. The number of benzene rings is 3. The summed E-state index contributed by atoms with van der Waals surface area (Å²) in [4.78, 5) is 28.3. The number of ether oxygens (including phenoxy) is 1. The Kier molecular flexibility index (Phi) is 11.0. The van der Waals surface area contributed by atoms with Crippen LogP contribution in [0.15, 0.2) is 77.7 Å². The van der Waals surface area contributed by atoms with E-state index in [0.29, 0.717) is 23.0 Å². The summed E-state index contributed by atoms with van der Waals surface area (Å²) in [5, 5.41) is 3.42. The molecule has 3 rings (SSSR count). The van der Waals surface area contributed by atoms with Crippen molar-refractivity contribution in [1.82, 2.24) is 10.2 Å². The quantitative estimate of drug-likeness (QED) is 0.279. The molecule has 0 bridgehead atoms. The van der Waals surface area contributed by atoms with Crippen molar-refractivity contribution in [3.63, 3.8) is 0 Å². The number of halogens is 1. The summed E-state index contributed by atoms with van der Waals surface area (Å²) in [6, 6.07) is 19.0. The molecule has 1 unspecified atom stereocenters. The minimum atomic E-state index is -4.15. The number of methoxy groups -OCH3 is 1. The van der Waals surface area contributed by atoms with Crippen LogP contribution in [-0.4, -0.2) is 51.4 Å². The van der Waals surface area contributed by atoms with E-state index in [1.54, 1.807) is 67.6 Å². The van der Waals surface area contributed by atoms with Gasteiger partial charge in [-0.15, -0.1) is 0 Å².